The molecule has 1 heterocycles. The van der Waals surface area contributed by atoms with Crippen molar-refractivity contribution in [3.63, 3.8) is 0 Å². The average Bonchev–Trinajstić information content (AvgIpc) is 3.12. The highest BCUT2D eigenvalue weighted by atomic mass is 32.2. The summed E-state index contributed by atoms with van der Waals surface area (Å²) < 4.78 is 98.0. The minimum atomic E-state index is -5.40. The van der Waals surface area contributed by atoms with Crippen molar-refractivity contribution in [1.82, 2.24) is 9.55 Å². The number of hydrogen-bond donors (Lipinski definition) is 3. The molecule has 0 aliphatic rings. The SMILES string of the molecule is CCn1ccnc1.O=S(=O)(O)c1cc2ccccc2c(S(=O)(=O)O)c1S(=O)(=O)O. The number of aryl methyl sites for hydroxylation is 1. The second kappa shape index (κ2) is 8.17. The van der Waals surface area contributed by atoms with E-state index in [1.54, 1.807) is 12.5 Å². The van der Waals surface area contributed by atoms with Gasteiger partial charge in [-0.25, -0.2) is 4.98 Å². The predicted molar refractivity (Wildman–Crippen MR) is 101 cm³/mol. The second-order valence-corrected chi connectivity index (χ2v) is 9.68. The normalized spacial score (nSPS) is 12.4. The maximum atomic E-state index is 11.5. The molecular formula is C15H16N2O9S3. The third-order valence-corrected chi connectivity index (χ3v) is 6.66. The van der Waals surface area contributed by atoms with E-state index in [1.807, 2.05) is 10.8 Å². The Morgan fingerprint density at radius 3 is 1.90 bits per heavy atom. The van der Waals surface area contributed by atoms with Crippen molar-refractivity contribution in [3.8, 4) is 0 Å². The predicted octanol–water partition coefficient (Wildman–Crippen LogP) is 1.48. The molecule has 3 N–H and O–H groups in total. The molecule has 0 aliphatic heterocycles. The van der Waals surface area contributed by atoms with Crippen molar-refractivity contribution in [2.24, 2.45) is 0 Å². The third-order valence-electron chi connectivity index (χ3n) is 3.64. The fraction of sp³-hybridized carbons (Fsp3) is 0.133. The van der Waals surface area contributed by atoms with Crippen LogP contribution >= 0.6 is 0 Å². The zero-order valence-electron chi connectivity index (χ0n) is 14.7. The van der Waals surface area contributed by atoms with Gasteiger partial charge in [0.25, 0.3) is 30.4 Å². The number of hydrogen-bond acceptors (Lipinski definition) is 7. The number of rotatable bonds is 4. The Kier molecular flexibility index (Phi) is 6.46. The molecule has 0 amide bonds. The van der Waals surface area contributed by atoms with Crippen LogP contribution in [0.5, 0.6) is 0 Å². The fourth-order valence-corrected chi connectivity index (χ4v) is 5.84. The summed E-state index contributed by atoms with van der Waals surface area (Å²) in [5, 5.41) is -0.430. The van der Waals surface area contributed by atoms with Crippen LogP contribution in [0.15, 0.2) is 63.7 Å². The van der Waals surface area contributed by atoms with Gasteiger partial charge < -0.3 is 4.57 Å². The quantitative estimate of drug-likeness (QED) is 0.478. The summed E-state index contributed by atoms with van der Waals surface area (Å²) in [7, 11) is -15.8. The Hall–Kier alpha value is -2.36. The van der Waals surface area contributed by atoms with Gasteiger partial charge in [-0.1, -0.05) is 24.3 Å². The van der Waals surface area contributed by atoms with E-state index < -0.39 is 45.0 Å². The molecule has 158 valence electrons. The van der Waals surface area contributed by atoms with Gasteiger partial charge in [0, 0.05) is 24.3 Å². The van der Waals surface area contributed by atoms with Gasteiger partial charge in [-0.2, -0.15) is 25.3 Å². The first kappa shape index (κ1) is 22.9. The highest BCUT2D eigenvalue weighted by Gasteiger charge is 2.34. The minimum Gasteiger partial charge on any atom is -0.338 e. The number of benzene rings is 2. The van der Waals surface area contributed by atoms with E-state index in [4.69, 9.17) is 9.11 Å². The van der Waals surface area contributed by atoms with E-state index in [9.17, 15) is 29.8 Å². The number of nitrogens with zero attached hydrogens (tertiary/aromatic N) is 2. The summed E-state index contributed by atoms with van der Waals surface area (Å²) in [6.07, 6.45) is 5.53. The first-order chi connectivity index (χ1) is 13.3. The van der Waals surface area contributed by atoms with Crippen molar-refractivity contribution in [2.45, 2.75) is 28.2 Å². The van der Waals surface area contributed by atoms with Crippen LogP contribution in [0.1, 0.15) is 6.92 Å². The van der Waals surface area contributed by atoms with E-state index in [1.165, 1.54) is 18.2 Å². The van der Waals surface area contributed by atoms with E-state index in [0.717, 1.165) is 12.6 Å². The van der Waals surface area contributed by atoms with Crippen LogP contribution in [0.4, 0.5) is 0 Å². The fourth-order valence-electron chi connectivity index (χ4n) is 2.44. The highest BCUT2D eigenvalue weighted by molar-refractivity contribution is 7.90. The summed E-state index contributed by atoms with van der Waals surface area (Å²) in [6.45, 7) is 3.10. The van der Waals surface area contributed by atoms with Crippen molar-refractivity contribution in [2.75, 3.05) is 0 Å². The minimum absolute atomic E-state index is 0.0878. The summed E-state index contributed by atoms with van der Waals surface area (Å²) >= 11 is 0. The van der Waals surface area contributed by atoms with Crippen LogP contribution < -0.4 is 0 Å². The van der Waals surface area contributed by atoms with Crippen molar-refractivity contribution in [3.05, 3.63) is 49.1 Å². The third kappa shape index (κ3) is 5.37. The maximum absolute atomic E-state index is 11.5. The highest BCUT2D eigenvalue weighted by Crippen LogP contribution is 2.35. The monoisotopic (exact) mass is 464 g/mol. The maximum Gasteiger partial charge on any atom is 0.297 e. The lowest BCUT2D eigenvalue weighted by Crippen LogP contribution is -2.15. The first-order valence-electron chi connectivity index (χ1n) is 7.70. The molecule has 29 heavy (non-hydrogen) atoms. The molecule has 2 aromatic carbocycles. The molecule has 0 unspecified atom stereocenters. The Labute approximate surface area is 166 Å². The first-order valence-corrected chi connectivity index (χ1v) is 12.0. The van der Waals surface area contributed by atoms with Gasteiger partial charge in [0.05, 0.1) is 6.33 Å². The van der Waals surface area contributed by atoms with Crippen LogP contribution in [0.3, 0.4) is 0 Å². The summed E-state index contributed by atoms with van der Waals surface area (Å²) in [5.41, 5.74) is 0. The van der Waals surface area contributed by atoms with Gasteiger partial charge >= 0.3 is 0 Å². The van der Waals surface area contributed by atoms with Crippen molar-refractivity contribution >= 4 is 41.1 Å². The summed E-state index contributed by atoms with van der Waals surface area (Å²) in [5.74, 6) is 0. The van der Waals surface area contributed by atoms with Gasteiger partial charge in [0.1, 0.15) is 14.7 Å². The zero-order chi connectivity index (χ0) is 22.0. The Balaban J connectivity index is 0.000000360. The van der Waals surface area contributed by atoms with Crippen LogP contribution in [0.2, 0.25) is 0 Å². The molecule has 3 rings (SSSR count). The standard InChI is InChI=1S/C10H8O9S3.C5H8N2/c11-20(12,13)8-5-6-3-1-2-4-7(6)9(21(14,15)16)10(8)22(17,18)19;1-2-7-4-3-6-5-7/h1-5H,(H,11,12,13)(H,14,15,16)(H,17,18,19);3-5H,2H2,1H3. The molecule has 1 aromatic heterocycles. The van der Waals surface area contributed by atoms with Gasteiger partial charge in [0.2, 0.25) is 0 Å². The van der Waals surface area contributed by atoms with Crippen LogP contribution in [-0.2, 0) is 36.9 Å². The topological polar surface area (TPSA) is 181 Å². The lowest BCUT2D eigenvalue weighted by molar-refractivity contribution is 0.457. The lowest BCUT2D eigenvalue weighted by Gasteiger charge is -2.12. The Morgan fingerprint density at radius 1 is 0.897 bits per heavy atom. The Bertz CT molecular complexity index is 1350. The van der Waals surface area contributed by atoms with Gasteiger partial charge in [0.15, 0.2) is 0 Å². The van der Waals surface area contributed by atoms with Gasteiger partial charge in [-0.15, -0.1) is 0 Å². The summed E-state index contributed by atoms with van der Waals surface area (Å²) in [4.78, 5) is -0.451. The Morgan fingerprint density at radius 2 is 1.48 bits per heavy atom. The van der Waals surface area contributed by atoms with E-state index >= 15 is 0 Å². The zero-order valence-corrected chi connectivity index (χ0v) is 17.2. The van der Waals surface area contributed by atoms with E-state index in [-0.39, 0.29) is 10.8 Å². The molecule has 0 aliphatic carbocycles. The van der Waals surface area contributed by atoms with Gasteiger partial charge in [-0.3, -0.25) is 13.7 Å². The smallest absolute Gasteiger partial charge is 0.297 e. The molecule has 14 heteroatoms. The molecule has 3 aromatic rings. The molecule has 0 saturated heterocycles. The molecule has 0 saturated carbocycles. The molecule has 0 fully saturated rings. The van der Waals surface area contributed by atoms with Crippen LogP contribution in [0.25, 0.3) is 10.8 Å². The van der Waals surface area contributed by atoms with E-state index in [0.29, 0.717) is 6.07 Å². The number of aromatic nitrogens is 2. The molecular weight excluding hydrogens is 448 g/mol. The van der Waals surface area contributed by atoms with Crippen LogP contribution in [0, 0.1) is 0 Å². The number of imidazole rings is 1. The molecule has 0 spiro atoms. The van der Waals surface area contributed by atoms with Crippen molar-refractivity contribution in [1.29, 1.82) is 0 Å². The van der Waals surface area contributed by atoms with Crippen molar-refractivity contribution < 1.29 is 38.9 Å². The lowest BCUT2D eigenvalue weighted by atomic mass is 10.1. The van der Waals surface area contributed by atoms with Gasteiger partial charge in [-0.05, 0) is 18.4 Å². The average molecular weight is 464 g/mol. The van der Waals surface area contributed by atoms with E-state index in [2.05, 4.69) is 11.9 Å². The summed E-state index contributed by atoms with van der Waals surface area (Å²) in [6, 6.07) is 5.69. The second-order valence-electron chi connectivity index (χ2n) is 5.57. The number of fused-ring (bicyclic) bond motifs is 1. The largest absolute Gasteiger partial charge is 0.338 e. The molecule has 0 atom stereocenters. The molecule has 0 bridgehead atoms. The molecule has 0 radical (unpaired) electrons. The molecule has 11 nitrogen and oxygen atoms in total. The van der Waals surface area contributed by atoms with Crippen LogP contribution in [-0.4, -0.2) is 48.5 Å².